The summed E-state index contributed by atoms with van der Waals surface area (Å²) in [6, 6.07) is 14.2. The van der Waals surface area contributed by atoms with Crippen molar-refractivity contribution in [2.75, 3.05) is 20.3 Å². The summed E-state index contributed by atoms with van der Waals surface area (Å²) in [5.74, 6) is 0.897. The molecule has 3 aromatic rings. The van der Waals surface area contributed by atoms with E-state index < -0.39 is 12.0 Å². The van der Waals surface area contributed by atoms with Gasteiger partial charge in [-0.2, -0.15) is 0 Å². The lowest BCUT2D eigenvalue weighted by atomic mass is 9.96. The average molecular weight is 479 g/mol. The van der Waals surface area contributed by atoms with Crippen LogP contribution in [0.3, 0.4) is 0 Å². The van der Waals surface area contributed by atoms with Gasteiger partial charge in [-0.05, 0) is 50.6 Å². The largest absolute Gasteiger partial charge is 0.497 e. The van der Waals surface area contributed by atoms with Crippen LogP contribution < -0.4 is 24.4 Å². The van der Waals surface area contributed by atoms with Crippen molar-refractivity contribution < 1.29 is 19.0 Å². The van der Waals surface area contributed by atoms with E-state index in [1.165, 1.54) is 11.3 Å². The topological polar surface area (TPSA) is 79.1 Å². The van der Waals surface area contributed by atoms with Crippen molar-refractivity contribution >= 4 is 23.4 Å². The molecule has 0 spiro atoms. The highest BCUT2D eigenvalue weighted by molar-refractivity contribution is 7.07. The molecule has 1 atom stereocenters. The van der Waals surface area contributed by atoms with E-state index in [0.29, 0.717) is 38.7 Å². The van der Waals surface area contributed by atoms with Crippen LogP contribution in [0.1, 0.15) is 37.9 Å². The van der Waals surface area contributed by atoms with E-state index in [1.807, 2.05) is 61.5 Å². The molecule has 0 bridgehead atoms. The molecule has 4 rings (SSSR count). The van der Waals surface area contributed by atoms with E-state index in [-0.39, 0.29) is 12.2 Å². The van der Waals surface area contributed by atoms with Crippen LogP contribution in [0.15, 0.2) is 69.6 Å². The van der Waals surface area contributed by atoms with Gasteiger partial charge in [0.2, 0.25) is 0 Å². The second-order valence-electron chi connectivity index (χ2n) is 7.55. The molecule has 7 nitrogen and oxygen atoms in total. The number of methoxy groups -OCH3 is 1. The van der Waals surface area contributed by atoms with Gasteiger partial charge in [0.15, 0.2) is 4.80 Å². The Morgan fingerprint density at radius 3 is 2.53 bits per heavy atom. The van der Waals surface area contributed by atoms with Crippen LogP contribution in [0.2, 0.25) is 0 Å². The van der Waals surface area contributed by atoms with Gasteiger partial charge in [0.1, 0.15) is 11.5 Å². The molecule has 0 amide bonds. The van der Waals surface area contributed by atoms with E-state index in [2.05, 4.69) is 4.99 Å². The molecule has 0 unspecified atom stereocenters. The zero-order chi connectivity index (χ0) is 24.2. The molecule has 0 radical (unpaired) electrons. The summed E-state index contributed by atoms with van der Waals surface area (Å²) in [5.41, 5.74) is 2.21. The Labute approximate surface area is 201 Å². The zero-order valence-electron chi connectivity index (χ0n) is 19.5. The molecule has 0 N–H and O–H groups in total. The van der Waals surface area contributed by atoms with Gasteiger partial charge in [-0.25, -0.2) is 9.79 Å². The Morgan fingerprint density at radius 2 is 1.85 bits per heavy atom. The zero-order valence-corrected chi connectivity index (χ0v) is 20.3. The number of benzene rings is 2. The number of para-hydroxylation sites is 1. The summed E-state index contributed by atoms with van der Waals surface area (Å²) >= 11 is 1.28. The first-order chi connectivity index (χ1) is 16.5. The summed E-state index contributed by atoms with van der Waals surface area (Å²) in [4.78, 5) is 31.7. The second kappa shape index (κ2) is 10.1. The fourth-order valence-corrected chi connectivity index (χ4v) is 4.96. The first-order valence-corrected chi connectivity index (χ1v) is 11.9. The normalized spacial score (nSPS) is 15.5. The Balaban J connectivity index is 1.93. The van der Waals surface area contributed by atoms with Gasteiger partial charge in [-0.1, -0.05) is 41.7 Å². The van der Waals surface area contributed by atoms with E-state index in [1.54, 1.807) is 25.5 Å². The van der Waals surface area contributed by atoms with Crippen LogP contribution in [0, 0.1) is 0 Å². The van der Waals surface area contributed by atoms with Crippen molar-refractivity contribution in [3.63, 3.8) is 0 Å². The fraction of sp³-hybridized carbons (Fsp3) is 0.269. The molecule has 2 heterocycles. The predicted octanol–water partition coefficient (Wildman–Crippen LogP) is 3.21. The number of allylic oxidation sites excluding steroid dienone is 1. The third-order valence-electron chi connectivity index (χ3n) is 5.45. The van der Waals surface area contributed by atoms with Crippen molar-refractivity contribution in [3.8, 4) is 11.5 Å². The monoisotopic (exact) mass is 478 g/mol. The number of esters is 1. The van der Waals surface area contributed by atoms with E-state index in [9.17, 15) is 9.59 Å². The molecule has 1 aromatic heterocycles. The van der Waals surface area contributed by atoms with Crippen LogP contribution in [0.5, 0.6) is 11.5 Å². The number of fused-ring (bicyclic) bond motifs is 1. The Bertz CT molecular complexity index is 1420. The maximum Gasteiger partial charge on any atom is 0.338 e. The van der Waals surface area contributed by atoms with Gasteiger partial charge in [-0.3, -0.25) is 9.36 Å². The van der Waals surface area contributed by atoms with Crippen molar-refractivity contribution in [1.29, 1.82) is 0 Å². The minimum atomic E-state index is -0.662. The van der Waals surface area contributed by atoms with Crippen molar-refractivity contribution in [2.24, 2.45) is 4.99 Å². The average Bonchev–Trinajstić information content (AvgIpc) is 3.14. The van der Waals surface area contributed by atoms with Crippen LogP contribution in [-0.2, 0) is 9.53 Å². The smallest absolute Gasteiger partial charge is 0.338 e. The number of carbonyl (C=O) groups excluding carboxylic acids is 1. The highest BCUT2D eigenvalue weighted by Gasteiger charge is 2.33. The number of nitrogens with zero attached hydrogens (tertiary/aromatic N) is 2. The molecule has 8 heteroatoms. The molecule has 0 aliphatic carbocycles. The van der Waals surface area contributed by atoms with Gasteiger partial charge in [0.25, 0.3) is 5.56 Å². The third-order valence-corrected chi connectivity index (χ3v) is 6.44. The number of carbonyl (C=O) groups is 1. The third kappa shape index (κ3) is 4.41. The number of aromatic nitrogens is 1. The van der Waals surface area contributed by atoms with E-state index in [0.717, 1.165) is 11.1 Å². The maximum atomic E-state index is 13.7. The quantitative estimate of drug-likeness (QED) is 0.488. The molecule has 0 saturated heterocycles. The van der Waals surface area contributed by atoms with Gasteiger partial charge >= 0.3 is 5.97 Å². The summed E-state index contributed by atoms with van der Waals surface area (Å²) in [5, 5.41) is 0. The Morgan fingerprint density at radius 1 is 1.12 bits per heavy atom. The Hall–Kier alpha value is -3.65. The van der Waals surface area contributed by atoms with E-state index >= 15 is 0 Å². The SMILES string of the molecule is CCOC(=O)C1=C(C)N=c2s/c(=C\c3ccccc3OCC)c(=O)n2[C@@H]1c1ccc(OC)cc1. The predicted molar refractivity (Wildman–Crippen MR) is 131 cm³/mol. The lowest BCUT2D eigenvalue weighted by Crippen LogP contribution is -2.39. The summed E-state index contributed by atoms with van der Waals surface area (Å²) in [7, 11) is 1.59. The molecule has 2 aromatic carbocycles. The van der Waals surface area contributed by atoms with Crippen LogP contribution in [0.25, 0.3) is 6.08 Å². The summed E-state index contributed by atoms with van der Waals surface area (Å²) in [6.45, 7) is 6.18. The Kier molecular flexibility index (Phi) is 6.98. The molecule has 1 aliphatic heterocycles. The highest BCUT2D eigenvalue weighted by atomic mass is 32.1. The van der Waals surface area contributed by atoms with Crippen molar-refractivity contribution in [3.05, 3.63) is 90.6 Å². The molecule has 0 fully saturated rings. The lowest BCUT2D eigenvalue weighted by molar-refractivity contribution is -0.139. The summed E-state index contributed by atoms with van der Waals surface area (Å²) in [6.07, 6.45) is 1.81. The number of thiazole rings is 1. The van der Waals surface area contributed by atoms with Crippen LogP contribution in [0.4, 0.5) is 0 Å². The first-order valence-electron chi connectivity index (χ1n) is 11.0. The molecule has 1 aliphatic rings. The number of ether oxygens (including phenoxy) is 3. The molecular weight excluding hydrogens is 452 g/mol. The number of hydrogen-bond acceptors (Lipinski definition) is 7. The molecular formula is C26H26N2O5S. The minimum absolute atomic E-state index is 0.226. The van der Waals surface area contributed by atoms with Crippen molar-refractivity contribution in [1.82, 2.24) is 4.57 Å². The molecule has 34 heavy (non-hydrogen) atoms. The van der Waals surface area contributed by atoms with Gasteiger partial charge in [0.05, 0.1) is 42.2 Å². The highest BCUT2D eigenvalue weighted by Crippen LogP contribution is 2.31. The van der Waals surface area contributed by atoms with Gasteiger partial charge < -0.3 is 14.2 Å². The number of hydrogen-bond donors (Lipinski definition) is 0. The fourth-order valence-electron chi connectivity index (χ4n) is 3.92. The van der Waals surface area contributed by atoms with Crippen LogP contribution in [-0.4, -0.2) is 30.9 Å². The van der Waals surface area contributed by atoms with E-state index in [4.69, 9.17) is 14.2 Å². The number of rotatable bonds is 7. The molecule has 176 valence electrons. The van der Waals surface area contributed by atoms with Crippen LogP contribution >= 0.6 is 11.3 Å². The van der Waals surface area contributed by atoms with Gasteiger partial charge in [-0.15, -0.1) is 0 Å². The van der Waals surface area contributed by atoms with Crippen molar-refractivity contribution in [2.45, 2.75) is 26.8 Å². The standard InChI is InChI=1S/C26H26N2O5S/c1-5-32-20-10-8-7-9-18(20)15-21-24(29)28-23(17-11-13-19(31-4)14-12-17)22(25(30)33-6-2)16(3)27-26(28)34-21/h7-15,23H,5-6H2,1-4H3/b21-15-/t23-/m1/s1. The lowest BCUT2D eigenvalue weighted by Gasteiger charge is -2.24. The summed E-state index contributed by atoms with van der Waals surface area (Å²) < 4.78 is 18.4. The maximum absolute atomic E-state index is 13.7. The molecule has 0 saturated carbocycles. The second-order valence-corrected chi connectivity index (χ2v) is 8.56. The van der Waals surface area contributed by atoms with Gasteiger partial charge in [0, 0.05) is 5.56 Å². The minimum Gasteiger partial charge on any atom is -0.497 e. The first kappa shape index (κ1) is 23.5.